The van der Waals surface area contributed by atoms with Crippen LogP contribution in [0.5, 0.6) is 0 Å². The van der Waals surface area contributed by atoms with E-state index in [0.29, 0.717) is 11.5 Å². The van der Waals surface area contributed by atoms with E-state index in [4.69, 9.17) is 10.2 Å². The highest BCUT2D eigenvalue weighted by Crippen LogP contribution is 2.34. The quantitative estimate of drug-likeness (QED) is 0.447. The van der Waals surface area contributed by atoms with Crippen LogP contribution in [-0.4, -0.2) is 67.9 Å². The van der Waals surface area contributed by atoms with E-state index >= 15 is 0 Å². The highest BCUT2D eigenvalue weighted by atomic mass is 32.1. The third-order valence-electron chi connectivity index (χ3n) is 6.83. The number of pyridine rings is 1. The first-order valence-electron chi connectivity index (χ1n) is 12.5. The molecular weight excluding hydrogens is 472 g/mol. The largest absolute Gasteiger partial charge is 0.363 e. The maximum atomic E-state index is 12.4. The lowest BCUT2D eigenvalue weighted by atomic mass is 9.98. The number of fused-ring (bicyclic) bond motifs is 1. The second kappa shape index (κ2) is 11.2. The highest BCUT2D eigenvalue weighted by molar-refractivity contribution is 7.18. The minimum atomic E-state index is -0.183. The summed E-state index contributed by atoms with van der Waals surface area (Å²) in [5, 5.41) is 12.8. The molecule has 1 saturated heterocycles. The molecule has 4 rings (SSSR count). The van der Waals surface area contributed by atoms with E-state index in [2.05, 4.69) is 69.0 Å². The van der Waals surface area contributed by atoms with Gasteiger partial charge in [-0.1, -0.05) is 25.2 Å². The number of carbonyl (C=O) groups is 1. The smallest absolute Gasteiger partial charge is 0.245 e. The first-order chi connectivity index (χ1) is 17.4. The van der Waals surface area contributed by atoms with Gasteiger partial charge in [0, 0.05) is 44.5 Å². The molecule has 1 aliphatic heterocycles. The topological polar surface area (TPSA) is 114 Å². The molecule has 1 amide bonds. The van der Waals surface area contributed by atoms with Gasteiger partial charge >= 0.3 is 0 Å². The lowest BCUT2D eigenvalue weighted by Gasteiger charge is -2.49. The summed E-state index contributed by atoms with van der Waals surface area (Å²) < 4.78 is 0. The predicted molar refractivity (Wildman–Crippen MR) is 142 cm³/mol. The zero-order chi connectivity index (χ0) is 25.8. The third-order valence-corrected chi connectivity index (χ3v) is 7.71. The van der Waals surface area contributed by atoms with Gasteiger partial charge in [0.25, 0.3) is 0 Å². The SMILES string of the molecule is CCC(c1ccc2nc(C)sc2n1)N1C[C@H](CC)N(/C(=C/C(=O)NC)c2nc(CC#N)c[nH]2)C[C@H]1C. The number of aromatic nitrogens is 4. The molecule has 0 aliphatic carbocycles. The first kappa shape index (κ1) is 25.8. The summed E-state index contributed by atoms with van der Waals surface area (Å²) in [6, 6.07) is 6.94. The maximum Gasteiger partial charge on any atom is 0.245 e. The summed E-state index contributed by atoms with van der Waals surface area (Å²) in [5.41, 5.74) is 3.46. The van der Waals surface area contributed by atoms with E-state index in [9.17, 15) is 4.79 Å². The Morgan fingerprint density at radius 2 is 2.14 bits per heavy atom. The standard InChI is InChI=1S/C26H34N8OS/c1-6-19-15-33(22(7-2)20-8-9-21-26(32-20)36-17(4)30-21)16(3)14-34(19)23(12-24(35)28-5)25-29-13-18(31-25)10-11-27/h8-9,12-13,16,19,22H,6-7,10,14-15H2,1-5H3,(H,28,35)(H,29,31)/b23-12+/t16-,19+,22?/m1/s1. The van der Waals surface area contributed by atoms with Crippen molar-refractivity contribution in [2.45, 2.75) is 65.1 Å². The van der Waals surface area contributed by atoms with E-state index in [1.54, 1.807) is 30.7 Å². The summed E-state index contributed by atoms with van der Waals surface area (Å²) >= 11 is 1.64. The van der Waals surface area contributed by atoms with Gasteiger partial charge in [-0.15, -0.1) is 0 Å². The van der Waals surface area contributed by atoms with E-state index < -0.39 is 0 Å². The molecule has 0 aromatic carbocycles. The van der Waals surface area contributed by atoms with Crippen molar-refractivity contribution in [3.8, 4) is 6.07 Å². The molecule has 3 aromatic rings. The van der Waals surface area contributed by atoms with Crippen molar-refractivity contribution in [3.05, 3.63) is 46.6 Å². The number of likely N-dealkylation sites (N-methyl/N-ethyl adjacent to an activating group) is 1. The number of aromatic amines is 1. The van der Waals surface area contributed by atoms with E-state index in [1.165, 1.54) is 0 Å². The fourth-order valence-electron chi connectivity index (χ4n) is 5.02. The van der Waals surface area contributed by atoms with Crippen LogP contribution in [0.2, 0.25) is 0 Å². The number of thiazole rings is 1. The molecule has 2 N–H and O–H groups in total. The van der Waals surface area contributed by atoms with Crippen molar-refractivity contribution >= 4 is 33.3 Å². The number of imidazole rings is 1. The number of nitrogens with zero attached hydrogens (tertiary/aromatic N) is 6. The Morgan fingerprint density at radius 3 is 2.83 bits per heavy atom. The van der Waals surface area contributed by atoms with Crippen molar-refractivity contribution in [3.63, 3.8) is 0 Å². The number of aryl methyl sites for hydroxylation is 1. The van der Waals surface area contributed by atoms with Crippen LogP contribution in [0.1, 0.15) is 61.9 Å². The van der Waals surface area contributed by atoms with Gasteiger partial charge < -0.3 is 15.2 Å². The van der Waals surface area contributed by atoms with Gasteiger partial charge in [0.2, 0.25) is 5.91 Å². The molecule has 0 saturated carbocycles. The molecule has 1 unspecified atom stereocenters. The van der Waals surface area contributed by atoms with Crippen molar-refractivity contribution < 1.29 is 4.79 Å². The zero-order valence-corrected chi connectivity index (χ0v) is 22.4. The van der Waals surface area contributed by atoms with Gasteiger partial charge in [-0.3, -0.25) is 9.69 Å². The molecule has 0 radical (unpaired) electrons. The number of hydrogen-bond donors (Lipinski definition) is 2. The molecule has 3 atom stereocenters. The Hall–Kier alpha value is -3.29. The monoisotopic (exact) mass is 506 g/mol. The summed E-state index contributed by atoms with van der Waals surface area (Å²) in [6.07, 6.45) is 5.44. The number of hydrogen-bond acceptors (Lipinski definition) is 8. The van der Waals surface area contributed by atoms with Crippen LogP contribution in [0.4, 0.5) is 0 Å². The van der Waals surface area contributed by atoms with Crippen molar-refractivity contribution in [2.75, 3.05) is 20.1 Å². The normalized spacial score (nSPS) is 19.9. The lowest BCUT2D eigenvalue weighted by molar-refractivity contribution is -0.116. The maximum absolute atomic E-state index is 12.4. The van der Waals surface area contributed by atoms with Crippen molar-refractivity contribution in [2.24, 2.45) is 0 Å². The van der Waals surface area contributed by atoms with Gasteiger partial charge in [-0.2, -0.15) is 5.26 Å². The van der Waals surface area contributed by atoms with Gasteiger partial charge in [0.1, 0.15) is 10.3 Å². The Kier molecular flexibility index (Phi) is 8.01. The van der Waals surface area contributed by atoms with Crippen LogP contribution in [0, 0.1) is 18.3 Å². The van der Waals surface area contributed by atoms with Crippen LogP contribution in [-0.2, 0) is 11.2 Å². The molecule has 1 aliphatic rings. The van der Waals surface area contributed by atoms with Gasteiger partial charge in [0.15, 0.2) is 5.82 Å². The summed E-state index contributed by atoms with van der Waals surface area (Å²) in [5.74, 6) is 0.430. The van der Waals surface area contributed by atoms with Crippen LogP contribution in [0.3, 0.4) is 0 Å². The first-order valence-corrected chi connectivity index (χ1v) is 13.3. The van der Waals surface area contributed by atoms with Crippen LogP contribution < -0.4 is 5.32 Å². The molecule has 9 nitrogen and oxygen atoms in total. The Bertz CT molecular complexity index is 1290. The fraction of sp³-hybridized carbons (Fsp3) is 0.500. The molecule has 0 bridgehead atoms. The average Bonchev–Trinajstić information content (AvgIpc) is 3.49. The zero-order valence-electron chi connectivity index (χ0n) is 21.6. The van der Waals surface area contributed by atoms with Crippen molar-refractivity contribution in [1.82, 2.24) is 35.1 Å². The van der Waals surface area contributed by atoms with E-state index in [-0.39, 0.29) is 30.5 Å². The van der Waals surface area contributed by atoms with Crippen LogP contribution in [0.25, 0.3) is 16.0 Å². The van der Waals surface area contributed by atoms with Crippen molar-refractivity contribution in [1.29, 1.82) is 5.26 Å². The molecule has 36 heavy (non-hydrogen) atoms. The van der Waals surface area contributed by atoms with E-state index in [1.807, 2.05) is 6.92 Å². The molecule has 4 heterocycles. The summed E-state index contributed by atoms with van der Waals surface area (Å²) in [7, 11) is 1.62. The van der Waals surface area contributed by atoms with Gasteiger partial charge in [-0.05, 0) is 38.8 Å². The third kappa shape index (κ3) is 5.27. The fourth-order valence-corrected chi connectivity index (χ4v) is 5.82. The molecule has 1 fully saturated rings. The molecule has 3 aromatic heterocycles. The number of amides is 1. The van der Waals surface area contributed by atoms with Crippen LogP contribution >= 0.6 is 11.3 Å². The molecule has 10 heteroatoms. The minimum Gasteiger partial charge on any atom is -0.363 e. The number of nitrogens with one attached hydrogen (secondary N) is 2. The lowest BCUT2D eigenvalue weighted by Crippen LogP contribution is -2.57. The second-order valence-electron chi connectivity index (χ2n) is 9.20. The number of H-pyrrole nitrogens is 1. The Morgan fingerprint density at radius 1 is 1.33 bits per heavy atom. The minimum absolute atomic E-state index is 0.183. The van der Waals surface area contributed by atoms with E-state index in [0.717, 1.165) is 52.7 Å². The predicted octanol–water partition coefficient (Wildman–Crippen LogP) is 3.81. The van der Waals surface area contributed by atoms with Crippen LogP contribution in [0.15, 0.2) is 24.4 Å². The average molecular weight is 507 g/mol. The number of carbonyl (C=O) groups excluding carboxylic acids is 1. The second-order valence-corrected chi connectivity index (χ2v) is 10.4. The Balaban J connectivity index is 1.64. The molecular formula is C26H34N8OS. The molecule has 0 spiro atoms. The number of rotatable bonds is 8. The summed E-state index contributed by atoms with van der Waals surface area (Å²) in [6.45, 7) is 10.2. The summed E-state index contributed by atoms with van der Waals surface area (Å²) in [4.78, 5) is 35.6. The van der Waals surface area contributed by atoms with Gasteiger partial charge in [-0.25, -0.2) is 15.0 Å². The Labute approximate surface area is 216 Å². The highest BCUT2D eigenvalue weighted by Gasteiger charge is 2.37. The van der Waals surface area contributed by atoms with Gasteiger partial charge in [0.05, 0.1) is 40.6 Å². The number of piperazine rings is 1. The molecule has 190 valence electrons. The number of nitriles is 1.